The van der Waals surface area contributed by atoms with E-state index >= 15 is 0 Å². The molecule has 0 aliphatic heterocycles. The second-order valence-corrected chi connectivity index (χ2v) is 7.16. The van der Waals surface area contributed by atoms with E-state index < -0.39 is 0 Å². The number of rotatable bonds is 7. The first-order chi connectivity index (χ1) is 14.1. The summed E-state index contributed by atoms with van der Waals surface area (Å²) in [5.74, 6) is 1.31. The van der Waals surface area contributed by atoms with Crippen molar-refractivity contribution in [3.05, 3.63) is 84.4 Å². The van der Waals surface area contributed by atoms with Crippen LogP contribution >= 0.6 is 24.4 Å². The predicted molar refractivity (Wildman–Crippen MR) is 128 cm³/mol. The third kappa shape index (κ3) is 5.53. The van der Waals surface area contributed by atoms with Gasteiger partial charge in [-0.15, -0.1) is 0 Å². The summed E-state index contributed by atoms with van der Waals surface area (Å²) in [5.41, 5.74) is 2.78. The fourth-order valence-corrected chi connectivity index (χ4v) is 3.66. The van der Waals surface area contributed by atoms with Gasteiger partial charge in [0, 0.05) is 11.4 Å². The van der Waals surface area contributed by atoms with Crippen molar-refractivity contribution in [1.29, 1.82) is 0 Å². The van der Waals surface area contributed by atoms with Gasteiger partial charge >= 0.3 is 0 Å². The van der Waals surface area contributed by atoms with Crippen LogP contribution in [0.3, 0.4) is 0 Å². The summed E-state index contributed by atoms with van der Waals surface area (Å²) in [7, 11) is 3.28. The molecule has 3 aromatic rings. The van der Waals surface area contributed by atoms with E-state index in [2.05, 4.69) is 10.6 Å². The Hall–Kier alpha value is -2.96. The molecular weight excluding hydrogens is 400 g/mol. The maximum atomic E-state index is 5.74. The smallest absolute Gasteiger partial charge is 0.119 e. The van der Waals surface area contributed by atoms with E-state index in [0.717, 1.165) is 28.4 Å². The number of hydrogen-bond acceptors (Lipinski definition) is 4. The summed E-state index contributed by atoms with van der Waals surface area (Å²) in [4.78, 5) is 1.24. The number of hydrogen-bond donors (Lipinski definition) is 2. The number of thiocarbonyl (C=S) groups is 2. The van der Waals surface area contributed by atoms with Crippen LogP contribution < -0.4 is 20.1 Å². The molecule has 0 aromatic heterocycles. The Balaban J connectivity index is 1.81. The van der Waals surface area contributed by atoms with Crippen molar-refractivity contribution in [3.8, 4) is 11.5 Å². The Morgan fingerprint density at radius 3 is 1.45 bits per heavy atom. The minimum absolute atomic E-state index is 0.273. The zero-order valence-electron chi connectivity index (χ0n) is 16.2. The summed E-state index contributed by atoms with van der Waals surface area (Å²) < 4.78 is 10.4. The molecule has 6 heteroatoms. The molecule has 0 aliphatic rings. The van der Waals surface area contributed by atoms with Crippen molar-refractivity contribution in [2.24, 2.45) is 0 Å². The molecule has 0 fully saturated rings. The average molecular weight is 423 g/mol. The molecule has 3 rings (SSSR count). The van der Waals surface area contributed by atoms with Gasteiger partial charge in [0.1, 0.15) is 11.5 Å². The van der Waals surface area contributed by atoms with E-state index in [4.69, 9.17) is 33.9 Å². The standard InChI is InChI=1S/C23H22N2O2S2/c1-26-19-12-8-17(9-13-19)24-22(28)21(16-6-4-3-5-7-16)23(29)25-18-10-14-20(27-2)15-11-18/h3-15,21H,1-2H3,(H,24,28)(H,25,29). The van der Waals surface area contributed by atoms with E-state index in [-0.39, 0.29) is 5.92 Å². The Bertz CT molecular complexity index is 897. The van der Waals surface area contributed by atoms with Crippen molar-refractivity contribution in [2.75, 3.05) is 24.9 Å². The van der Waals surface area contributed by atoms with Crippen LogP contribution in [0.2, 0.25) is 0 Å². The van der Waals surface area contributed by atoms with E-state index in [1.807, 2.05) is 78.9 Å². The fraction of sp³-hybridized carbons (Fsp3) is 0.130. The molecule has 0 aliphatic carbocycles. The molecule has 0 saturated heterocycles. The quantitative estimate of drug-likeness (QED) is 0.479. The van der Waals surface area contributed by atoms with Crippen molar-refractivity contribution in [3.63, 3.8) is 0 Å². The maximum Gasteiger partial charge on any atom is 0.119 e. The van der Waals surface area contributed by atoms with Crippen LogP contribution in [-0.2, 0) is 0 Å². The molecule has 148 valence electrons. The zero-order valence-corrected chi connectivity index (χ0v) is 17.8. The van der Waals surface area contributed by atoms with E-state index in [1.165, 1.54) is 0 Å². The van der Waals surface area contributed by atoms with Crippen LogP contribution in [0.15, 0.2) is 78.9 Å². The topological polar surface area (TPSA) is 42.5 Å². The van der Waals surface area contributed by atoms with Gasteiger partial charge in [0.15, 0.2) is 0 Å². The number of methoxy groups -OCH3 is 2. The molecule has 0 unspecified atom stereocenters. The predicted octanol–water partition coefficient (Wildman–Crippen LogP) is 5.67. The van der Waals surface area contributed by atoms with Gasteiger partial charge in [-0.3, -0.25) is 0 Å². The third-order valence-electron chi connectivity index (χ3n) is 4.37. The second kappa shape index (κ2) is 10.0. The summed E-state index contributed by atoms with van der Waals surface area (Å²) in [6.07, 6.45) is 0. The molecular formula is C23H22N2O2S2. The lowest BCUT2D eigenvalue weighted by molar-refractivity contribution is 0.415. The Morgan fingerprint density at radius 2 is 1.07 bits per heavy atom. The third-order valence-corrected chi connectivity index (χ3v) is 5.05. The largest absolute Gasteiger partial charge is 0.497 e. The van der Waals surface area contributed by atoms with Gasteiger partial charge in [0.05, 0.1) is 30.1 Å². The summed E-state index contributed by atoms with van der Waals surface area (Å²) in [6.45, 7) is 0. The molecule has 0 heterocycles. The van der Waals surface area contributed by atoms with E-state index in [9.17, 15) is 0 Å². The minimum Gasteiger partial charge on any atom is -0.497 e. The highest BCUT2D eigenvalue weighted by molar-refractivity contribution is 7.82. The van der Waals surface area contributed by atoms with E-state index in [0.29, 0.717) is 9.98 Å². The van der Waals surface area contributed by atoms with Gasteiger partial charge in [0.25, 0.3) is 0 Å². The van der Waals surface area contributed by atoms with Gasteiger partial charge in [-0.1, -0.05) is 54.8 Å². The molecule has 0 bridgehead atoms. The molecule has 0 atom stereocenters. The van der Waals surface area contributed by atoms with Crippen LogP contribution in [-0.4, -0.2) is 24.2 Å². The second-order valence-electron chi connectivity index (χ2n) is 6.28. The van der Waals surface area contributed by atoms with Gasteiger partial charge in [-0.05, 0) is 54.1 Å². The summed E-state index contributed by atoms with van der Waals surface area (Å²) in [5, 5.41) is 6.61. The van der Waals surface area contributed by atoms with Crippen molar-refractivity contribution in [2.45, 2.75) is 5.92 Å². The Kier molecular flexibility index (Phi) is 7.16. The van der Waals surface area contributed by atoms with Crippen LogP contribution in [0.1, 0.15) is 11.5 Å². The molecule has 29 heavy (non-hydrogen) atoms. The Morgan fingerprint density at radius 1 is 0.655 bits per heavy atom. The Labute approximate surface area is 181 Å². The van der Waals surface area contributed by atoms with Crippen LogP contribution in [0.5, 0.6) is 11.5 Å². The lowest BCUT2D eigenvalue weighted by Gasteiger charge is -2.22. The highest BCUT2D eigenvalue weighted by Crippen LogP contribution is 2.25. The SMILES string of the molecule is COc1ccc(NC(=S)C(C(=S)Nc2ccc(OC)cc2)c2ccccc2)cc1. The van der Waals surface area contributed by atoms with Crippen molar-refractivity contribution < 1.29 is 9.47 Å². The number of ether oxygens (including phenoxy) is 2. The highest BCUT2D eigenvalue weighted by atomic mass is 32.1. The van der Waals surface area contributed by atoms with Gasteiger partial charge in [-0.2, -0.15) is 0 Å². The zero-order chi connectivity index (χ0) is 20.6. The lowest BCUT2D eigenvalue weighted by atomic mass is 9.98. The van der Waals surface area contributed by atoms with Crippen LogP contribution in [0, 0.1) is 0 Å². The van der Waals surface area contributed by atoms with Crippen molar-refractivity contribution >= 4 is 45.8 Å². The van der Waals surface area contributed by atoms with Gasteiger partial charge in [0.2, 0.25) is 0 Å². The highest BCUT2D eigenvalue weighted by Gasteiger charge is 2.22. The first-order valence-corrected chi connectivity index (χ1v) is 9.87. The normalized spacial score (nSPS) is 10.3. The van der Waals surface area contributed by atoms with Crippen molar-refractivity contribution in [1.82, 2.24) is 0 Å². The summed E-state index contributed by atoms with van der Waals surface area (Å²) in [6, 6.07) is 25.2. The van der Waals surface area contributed by atoms with Gasteiger partial charge in [-0.25, -0.2) is 0 Å². The number of nitrogens with one attached hydrogen (secondary N) is 2. The minimum atomic E-state index is -0.273. The molecule has 0 spiro atoms. The molecule has 0 saturated carbocycles. The monoisotopic (exact) mass is 422 g/mol. The van der Waals surface area contributed by atoms with Crippen LogP contribution in [0.25, 0.3) is 0 Å². The number of benzene rings is 3. The molecule has 4 nitrogen and oxygen atoms in total. The molecule has 2 N–H and O–H groups in total. The first-order valence-electron chi connectivity index (χ1n) is 9.05. The average Bonchev–Trinajstić information content (AvgIpc) is 2.75. The number of anilines is 2. The summed E-state index contributed by atoms with van der Waals surface area (Å²) >= 11 is 11.5. The van der Waals surface area contributed by atoms with Gasteiger partial charge < -0.3 is 20.1 Å². The maximum absolute atomic E-state index is 5.74. The first kappa shape index (κ1) is 20.8. The molecule has 0 radical (unpaired) electrons. The molecule has 3 aromatic carbocycles. The lowest BCUT2D eigenvalue weighted by Crippen LogP contribution is -2.29. The van der Waals surface area contributed by atoms with E-state index in [1.54, 1.807) is 14.2 Å². The fourth-order valence-electron chi connectivity index (χ4n) is 2.84. The molecule has 0 amide bonds. The van der Waals surface area contributed by atoms with Crippen LogP contribution in [0.4, 0.5) is 11.4 Å².